The van der Waals surface area contributed by atoms with E-state index >= 15 is 0 Å². The minimum Gasteiger partial charge on any atom is -0.349 e. The van der Waals surface area contributed by atoms with E-state index in [0.717, 1.165) is 56.6 Å². The number of hydrogen-bond acceptors (Lipinski definition) is 3. The standard InChI is InChI=1S/C26H32ClN3O2/c27-21-14-12-19(13-15-21)17-30-16-6-7-20(18-30)25(31)29-24-11-5-4-10-23(24)26(32)28-22-8-2-1-3-9-22/h4-5,10-15,20,22H,1-3,6-9,16-18H2,(H,28,32)(H,29,31). The molecule has 2 aromatic rings. The molecule has 2 amide bonds. The number of carbonyl (C=O) groups is 2. The van der Waals surface area contributed by atoms with Gasteiger partial charge in [-0.3, -0.25) is 14.5 Å². The second-order valence-corrected chi connectivity index (χ2v) is 9.48. The van der Waals surface area contributed by atoms with Crippen LogP contribution in [0.4, 0.5) is 5.69 Å². The maximum atomic E-state index is 13.1. The van der Waals surface area contributed by atoms with E-state index in [1.807, 2.05) is 42.5 Å². The van der Waals surface area contributed by atoms with Gasteiger partial charge in [0.2, 0.25) is 5.91 Å². The lowest BCUT2D eigenvalue weighted by Gasteiger charge is -2.32. The van der Waals surface area contributed by atoms with Gasteiger partial charge in [0.05, 0.1) is 17.2 Å². The minimum absolute atomic E-state index is 0.0104. The van der Waals surface area contributed by atoms with Gasteiger partial charge in [0.25, 0.3) is 5.91 Å². The van der Waals surface area contributed by atoms with Gasteiger partial charge in [-0.1, -0.05) is 55.1 Å². The Labute approximate surface area is 195 Å². The van der Waals surface area contributed by atoms with Crippen LogP contribution in [0.15, 0.2) is 48.5 Å². The molecule has 0 aromatic heterocycles. The van der Waals surface area contributed by atoms with Gasteiger partial charge < -0.3 is 10.6 Å². The van der Waals surface area contributed by atoms with Crippen LogP contribution in [0.25, 0.3) is 0 Å². The second-order valence-electron chi connectivity index (χ2n) is 9.04. The molecule has 1 atom stereocenters. The summed E-state index contributed by atoms with van der Waals surface area (Å²) < 4.78 is 0. The molecule has 1 heterocycles. The molecule has 1 aliphatic carbocycles. The van der Waals surface area contributed by atoms with Crippen LogP contribution in [-0.4, -0.2) is 35.8 Å². The monoisotopic (exact) mass is 453 g/mol. The van der Waals surface area contributed by atoms with E-state index < -0.39 is 0 Å². The molecule has 2 aliphatic rings. The van der Waals surface area contributed by atoms with Gasteiger partial charge in [-0.05, 0) is 62.1 Å². The Kier molecular flexibility index (Phi) is 7.82. The van der Waals surface area contributed by atoms with Crippen LogP contribution in [0.2, 0.25) is 5.02 Å². The maximum Gasteiger partial charge on any atom is 0.253 e. The van der Waals surface area contributed by atoms with Gasteiger partial charge >= 0.3 is 0 Å². The van der Waals surface area contributed by atoms with E-state index in [9.17, 15) is 9.59 Å². The molecule has 0 bridgehead atoms. The fraction of sp³-hybridized carbons (Fsp3) is 0.462. The van der Waals surface area contributed by atoms with E-state index in [1.165, 1.54) is 12.0 Å². The summed E-state index contributed by atoms with van der Waals surface area (Å²) in [6.07, 6.45) is 7.48. The van der Waals surface area contributed by atoms with E-state index in [2.05, 4.69) is 15.5 Å². The number of halogens is 1. The lowest BCUT2D eigenvalue weighted by molar-refractivity contribution is -0.121. The lowest BCUT2D eigenvalue weighted by atomic mass is 9.95. The van der Waals surface area contributed by atoms with Gasteiger partial charge in [-0.25, -0.2) is 0 Å². The van der Waals surface area contributed by atoms with Crippen molar-refractivity contribution < 1.29 is 9.59 Å². The van der Waals surface area contributed by atoms with E-state index in [4.69, 9.17) is 11.6 Å². The van der Waals surface area contributed by atoms with Crippen molar-refractivity contribution in [1.82, 2.24) is 10.2 Å². The summed E-state index contributed by atoms with van der Waals surface area (Å²) in [6.45, 7) is 2.50. The first-order chi connectivity index (χ1) is 15.6. The first-order valence-electron chi connectivity index (χ1n) is 11.8. The third-order valence-corrected chi connectivity index (χ3v) is 6.82. The van der Waals surface area contributed by atoms with Crippen LogP contribution in [0, 0.1) is 5.92 Å². The second kappa shape index (κ2) is 11.0. The molecule has 2 aromatic carbocycles. The molecule has 0 radical (unpaired) electrons. The average molecular weight is 454 g/mol. The van der Waals surface area contributed by atoms with Crippen LogP contribution in [0.1, 0.15) is 60.9 Å². The van der Waals surface area contributed by atoms with Gasteiger partial charge in [-0.15, -0.1) is 0 Å². The first kappa shape index (κ1) is 22.8. The average Bonchev–Trinajstić information content (AvgIpc) is 2.82. The van der Waals surface area contributed by atoms with E-state index in [1.54, 1.807) is 6.07 Å². The predicted octanol–water partition coefficient (Wildman–Crippen LogP) is 5.25. The van der Waals surface area contributed by atoms with Crippen molar-refractivity contribution in [2.45, 2.75) is 57.5 Å². The number of nitrogens with one attached hydrogen (secondary N) is 2. The Balaban J connectivity index is 1.36. The number of carbonyl (C=O) groups excluding carboxylic acids is 2. The fourth-order valence-electron chi connectivity index (χ4n) is 4.80. The van der Waals surface area contributed by atoms with Crippen LogP contribution < -0.4 is 10.6 Å². The molecule has 2 fully saturated rings. The minimum atomic E-state index is -0.0965. The topological polar surface area (TPSA) is 61.4 Å². The summed E-state index contributed by atoms with van der Waals surface area (Å²) in [7, 11) is 0. The normalized spacial score (nSPS) is 20.0. The van der Waals surface area contributed by atoms with Crippen molar-refractivity contribution in [3.8, 4) is 0 Å². The predicted molar refractivity (Wildman–Crippen MR) is 129 cm³/mol. The summed E-state index contributed by atoms with van der Waals surface area (Å²) >= 11 is 5.99. The van der Waals surface area contributed by atoms with Crippen molar-refractivity contribution >= 4 is 29.1 Å². The number of para-hydroxylation sites is 1. The zero-order valence-corrected chi connectivity index (χ0v) is 19.2. The molecule has 170 valence electrons. The number of likely N-dealkylation sites (tertiary alicyclic amines) is 1. The number of piperidine rings is 1. The Morgan fingerprint density at radius 3 is 2.47 bits per heavy atom. The number of benzene rings is 2. The van der Waals surface area contributed by atoms with Crippen molar-refractivity contribution in [1.29, 1.82) is 0 Å². The maximum absolute atomic E-state index is 13.1. The summed E-state index contributed by atoms with van der Waals surface area (Å²) in [6, 6.07) is 15.4. The van der Waals surface area contributed by atoms with Gasteiger partial charge in [0, 0.05) is 24.2 Å². The Hall–Kier alpha value is -2.37. The summed E-state index contributed by atoms with van der Waals surface area (Å²) in [5.74, 6) is -0.199. The highest BCUT2D eigenvalue weighted by atomic mass is 35.5. The van der Waals surface area contributed by atoms with Crippen LogP contribution in [0.3, 0.4) is 0 Å². The molecule has 1 unspecified atom stereocenters. The highest BCUT2D eigenvalue weighted by Crippen LogP contribution is 2.23. The SMILES string of the molecule is O=C(NC1CCCCC1)c1ccccc1NC(=O)C1CCCN(Cc2ccc(Cl)cc2)C1. The molecule has 2 N–H and O–H groups in total. The number of rotatable bonds is 6. The number of hydrogen-bond donors (Lipinski definition) is 2. The van der Waals surface area contributed by atoms with Crippen molar-refractivity contribution in [3.05, 3.63) is 64.7 Å². The largest absolute Gasteiger partial charge is 0.349 e. The van der Waals surface area contributed by atoms with Crippen LogP contribution in [-0.2, 0) is 11.3 Å². The number of amides is 2. The molecule has 1 saturated heterocycles. The van der Waals surface area contributed by atoms with Gasteiger partial charge in [-0.2, -0.15) is 0 Å². The van der Waals surface area contributed by atoms with Gasteiger partial charge in [0.1, 0.15) is 0 Å². The van der Waals surface area contributed by atoms with Crippen LogP contribution in [0.5, 0.6) is 0 Å². The third-order valence-electron chi connectivity index (χ3n) is 6.57. The highest BCUT2D eigenvalue weighted by Gasteiger charge is 2.27. The molecule has 5 nitrogen and oxygen atoms in total. The van der Waals surface area contributed by atoms with Gasteiger partial charge in [0.15, 0.2) is 0 Å². The van der Waals surface area contributed by atoms with E-state index in [0.29, 0.717) is 17.8 Å². The van der Waals surface area contributed by atoms with Crippen LogP contribution >= 0.6 is 11.6 Å². The molecule has 6 heteroatoms. The number of nitrogens with zero attached hydrogens (tertiary/aromatic N) is 1. The molecule has 0 spiro atoms. The van der Waals surface area contributed by atoms with E-state index in [-0.39, 0.29) is 23.8 Å². The zero-order valence-electron chi connectivity index (χ0n) is 18.5. The molecule has 32 heavy (non-hydrogen) atoms. The highest BCUT2D eigenvalue weighted by molar-refractivity contribution is 6.30. The van der Waals surface area contributed by atoms with Crippen molar-refractivity contribution in [2.75, 3.05) is 18.4 Å². The Bertz CT molecular complexity index is 925. The third kappa shape index (κ3) is 6.11. The smallest absolute Gasteiger partial charge is 0.253 e. The molecule has 4 rings (SSSR count). The summed E-state index contributed by atoms with van der Waals surface area (Å²) in [5.41, 5.74) is 2.33. The fourth-order valence-corrected chi connectivity index (χ4v) is 4.92. The zero-order chi connectivity index (χ0) is 22.3. The lowest BCUT2D eigenvalue weighted by Crippen LogP contribution is -2.40. The molecule has 1 aliphatic heterocycles. The van der Waals surface area contributed by atoms with Crippen molar-refractivity contribution in [3.63, 3.8) is 0 Å². The Morgan fingerprint density at radius 1 is 0.938 bits per heavy atom. The molecule has 1 saturated carbocycles. The molecular formula is C26H32ClN3O2. The quantitative estimate of drug-likeness (QED) is 0.627. The Morgan fingerprint density at radius 2 is 1.69 bits per heavy atom. The summed E-state index contributed by atoms with van der Waals surface area (Å²) in [4.78, 5) is 28.3. The molecular weight excluding hydrogens is 422 g/mol. The first-order valence-corrected chi connectivity index (χ1v) is 12.1. The summed E-state index contributed by atoms with van der Waals surface area (Å²) in [5, 5.41) is 6.94. The number of anilines is 1. The van der Waals surface area contributed by atoms with Crippen molar-refractivity contribution in [2.24, 2.45) is 5.92 Å².